The lowest BCUT2D eigenvalue weighted by Gasteiger charge is -2.14. The number of rotatable bonds is 5. The molecule has 0 saturated heterocycles. The Labute approximate surface area is 157 Å². The summed E-state index contributed by atoms with van der Waals surface area (Å²) in [6.07, 6.45) is -3.72. The highest BCUT2D eigenvalue weighted by atomic mass is 79.9. The maximum absolute atomic E-state index is 12.5. The summed E-state index contributed by atoms with van der Waals surface area (Å²) < 4.78 is 43.1. The molecule has 1 saturated carbocycles. The van der Waals surface area contributed by atoms with Gasteiger partial charge >= 0.3 is 6.18 Å². The zero-order valence-electron chi connectivity index (χ0n) is 13.9. The Morgan fingerprint density at radius 2 is 1.92 bits per heavy atom. The number of alkyl halides is 3. The van der Waals surface area contributed by atoms with Crippen LogP contribution in [0.4, 0.5) is 18.9 Å². The Morgan fingerprint density at radius 3 is 2.58 bits per heavy atom. The van der Waals surface area contributed by atoms with Crippen LogP contribution in [-0.2, 0) is 4.79 Å². The van der Waals surface area contributed by atoms with E-state index in [1.165, 1.54) is 6.07 Å². The summed E-state index contributed by atoms with van der Waals surface area (Å²) in [7, 11) is 0. The average molecular weight is 428 g/mol. The molecule has 1 aliphatic rings. The predicted molar refractivity (Wildman–Crippen MR) is 96.3 cm³/mol. The van der Waals surface area contributed by atoms with Crippen molar-refractivity contribution in [3.05, 3.63) is 58.1 Å². The van der Waals surface area contributed by atoms with Gasteiger partial charge in [-0.1, -0.05) is 34.1 Å². The van der Waals surface area contributed by atoms with Crippen LogP contribution in [0.5, 0.6) is 5.75 Å². The molecule has 2 atom stereocenters. The topological polar surface area (TPSA) is 38.3 Å². The van der Waals surface area contributed by atoms with Gasteiger partial charge in [-0.3, -0.25) is 4.79 Å². The molecular formula is C19H17BrF3NO2. The minimum Gasteiger partial charge on any atom is -0.482 e. The van der Waals surface area contributed by atoms with Crippen LogP contribution in [0, 0.1) is 12.8 Å². The summed E-state index contributed by atoms with van der Waals surface area (Å²) in [6, 6.07) is 12.5. The van der Waals surface area contributed by atoms with Crippen LogP contribution in [0.3, 0.4) is 0 Å². The zero-order chi connectivity index (χ0) is 18.9. The highest BCUT2D eigenvalue weighted by molar-refractivity contribution is 9.10. The van der Waals surface area contributed by atoms with E-state index in [9.17, 15) is 18.0 Å². The quantitative estimate of drug-likeness (QED) is 0.689. The highest BCUT2D eigenvalue weighted by Gasteiger charge is 2.44. The van der Waals surface area contributed by atoms with E-state index in [-0.39, 0.29) is 29.2 Å². The van der Waals surface area contributed by atoms with Crippen molar-refractivity contribution in [2.24, 2.45) is 5.92 Å². The van der Waals surface area contributed by atoms with E-state index < -0.39 is 12.8 Å². The molecule has 0 bridgehead atoms. The second kappa shape index (κ2) is 7.31. The fourth-order valence-electron chi connectivity index (χ4n) is 2.80. The summed E-state index contributed by atoms with van der Waals surface area (Å²) in [6.45, 7) is 0.348. The van der Waals surface area contributed by atoms with Gasteiger partial charge in [-0.2, -0.15) is 13.2 Å². The van der Waals surface area contributed by atoms with Crippen LogP contribution in [0.2, 0.25) is 0 Å². The molecule has 2 unspecified atom stereocenters. The van der Waals surface area contributed by atoms with Crippen molar-refractivity contribution in [2.75, 3.05) is 11.9 Å². The van der Waals surface area contributed by atoms with Crippen molar-refractivity contribution in [3.63, 3.8) is 0 Å². The van der Waals surface area contributed by atoms with Gasteiger partial charge in [-0.05, 0) is 54.7 Å². The number of halogens is 4. The summed E-state index contributed by atoms with van der Waals surface area (Å²) >= 11 is 3.37. The number of carbonyl (C=O) groups excluding carboxylic acids is 1. The van der Waals surface area contributed by atoms with E-state index in [2.05, 4.69) is 21.2 Å². The molecule has 138 valence electrons. The molecule has 3 rings (SSSR count). The van der Waals surface area contributed by atoms with E-state index in [1.807, 2.05) is 24.3 Å². The molecule has 0 radical (unpaired) electrons. The van der Waals surface area contributed by atoms with Crippen molar-refractivity contribution in [1.29, 1.82) is 0 Å². The molecule has 7 heteroatoms. The number of benzene rings is 2. The first-order valence-electron chi connectivity index (χ1n) is 8.09. The summed E-state index contributed by atoms with van der Waals surface area (Å²) in [5, 5.41) is 2.71. The highest BCUT2D eigenvalue weighted by Crippen LogP contribution is 2.48. The Kier molecular flexibility index (Phi) is 5.27. The van der Waals surface area contributed by atoms with Crippen molar-refractivity contribution in [2.45, 2.75) is 25.4 Å². The van der Waals surface area contributed by atoms with Crippen LogP contribution in [0.1, 0.15) is 23.5 Å². The maximum atomic E-state index is 12.5. The Bertz CT molecular complexity index is 805. The van der Waals surface area contributed by atoms with Crippen LogP contribution >= 0.6 is 15.9 Å². The van der Waals surface area contributed by atoms with E-state index >= 15 is 0 Å². The summed E-state index contributed by atoms with van der Waals surface area (Å²) in [5.74, 6) is -0.240. The SMILES string of the molecule is Cc1ccc(NC(=O)C2CC2c2ccc(Br)cc2)c(OCC(F)(F)F)c1. The summed E-state index contributed by atoms with van der Waals surface area (Å²) in [4.78, 5) is 12.5. The van der Waals surface area contributed by atoms with Gasteiger partial charge in [0.25, 0.3) is 0 Å². The van der Waals surface area contributed by atoms with Gasteiger partial charge in [0, 0.05) is 10.4 Å². The molecule has 26 heavy (non-hydrogen) atoms. The van der Waals surface area contributed by atoms with Crippen LogP contribution < -0.4 is 10.1 Å². The average Bonchev–Trinajstić information content (AvgIpc) is 3.36. The van der Waals surface area contributed by atoms with Crippen molar-refractivity contribution in [1.82, 2.24) is 0 Å². The normalized spacial score (nSPS) is 19.1. The number of anilines is 1. The molecule has 0 spiro atoms. The molecule has 1 aliphatic carbocycles. The van der Waals surface area contributed by atoms with Gasteiger partial charge in [0.1, 0.15) is 5.75 Å². The molecule has 1 amide bonds. The Balaban J connectivity index is 1.67. The predicted octanol–water partition coefficient (Wildman–Crippen LogP) is 5.44. The molecule has 0 aromatic heterocycles. The van der Waals surface area contributed by atoms with E-state index in [4.69, 9.17) is 4.74 Å². The largest absolute Gasteiger partial charge is 0.482 e. The second-order valence-corrected chi connectivity index (χ2v) is 7.31. The fourth-order valence-corrected chi connectivity index (χ4v) is 3.06. The first-order valence-corrected chi connectivity index (χ1v) is 8.89. The monoisotopic (exact) mass is 427 g/mol. The molecule has 1 fully saturated rings. The number of amides is 1. The van der Waals surface area contributed by atoms with Crippen molar-refractivity contribution >= 4 is 27.5 Å². The first kappa shape index (κ1) is 18.8. The number of carbonyl (C=O) groups is 1. The number of hydrogen-bond acceptors (Lipinski definition) is 2. The molecule has 0 aliphatic heterocycles. The zero-order valence-corrected chi connectivity index (χ0v) is 15.5. The van der Waals surface area contributed by atoms with Crippen LogP contribution in [-0.4, -0.2) is 18.7 Å². The number of hydrogen-bond donors (Lipinski definition) is 1. The molecular weight excluding hydrogens is 411 g/mol. The van der Waals surface area contributed by atoms with Gasteiger partial charge in [0.05, 0.1) is 5.69 Å². The third kappa shape index (κ3) is 4.78. The third-order valence-corrected chi connectivity index (χ3v) is 4.74. The Morgan fingerprint density at radius 1 is 1.23 bits per heavy atom. The van der Waals surface area contributed by atoms with Crippen LogP contribution in [0.25, 0.3) is 0 Å². The standard InChI is InChI=1S/C19H17BrF3NO2/c1-11-2-7-16(17(8-11)26-10-19(21,22)23)24-18(25)15-9-14(15)12-3-5-13(20)6-4-12/h2-8,14-15H,9-10H2,1H3,(H,24,25). The lowest BCUT2D eigenvalue weighted by Crippen LogP contribution is -2.21. The lowest BCUT2D eigenvalue weighted by atomic mass is 10.1. The van der Waals surface area contributed by atoms with Crippen molar-refractivity contribution < 1.29 is 22.7 Å². The smallest absolute Gasteiger partial charge is 0.422 e. The van der Waals surface area contributed by atoms with Crippen molar-refractivity contribution in [3.8, 4) is 5.75 Å². The Hall–Kier alpha value is -2.02. The molecule has 3 nitrogen and oxygen atoms in total. The van der Waals surface area contributed by atoms with Gasteiger partial charge in [-0.15, -0.1) is 0 Å². The lowest BCUT2D eigenvalue weighted by molar-refractivity contribution is -0.153. The van der Waals surface area contributed by atoms with E-state index in [1.54, 1.807) is 19.1 Å². The minimum atomic E-state index is -4.44. The fraction of sp³-hybridized carbons (Fsp3) is 0.316. The van der Waals surface area contributed by atoms with Gasteiger partial charge in [0.15, 0.2) is 6.61 Å². The van der Waals surface area contributed by atoms with E-state index in [0.717, 1.165) is 22.0 Å². The number of aryl methyl sites for hydroxylation is 1. The maximum Gasteiger partial charge on any atom is 0.422 e. The second-order valence-electron chi connectivity index (χ2n) is 6.39. The number of nitrogens with one attached hydrogen (secondary N) is 1. The number of ether oxygens (including phenoxy) is 1. The van der Waals surface area contributed by atoms with Gasteiger partial charge < -0.3 is 10.1 Å². The molecule has 2 aromatic carbocycles. The third-order valence-electron chi connectivity index (χ3n) is 4.21. The van der Waals surface area contributed by atoms with Gasteiger partial charge in [0.2, 0.25) is 5.91 Å². The molecule has 0 heterocycles. The molecule has 1 N–H and O–H groups in total. The first-order chi connectivity index (χ1) is 12.2. The van der Waals surface area contributed by atoms with Gasteiger partial charge in [-0.25, -0.2) is 0 Å². The van der Waals surface area contributed by atoms with Crippen LogP contribution in [0.15, 0.2) is 46.9 Å². The summed E-state index contributed by atoms with van der Waals surface area (Å²) in [5.41, 5.74) is 2.08. The minimum absolute atomic E-state index is 0.0246. The van der Waals surface area contributed by atoms with E-state index in [0.29, 0.717) is 0 Å². The molecule has 2 aromatic rings.